The van der Waals surface area contributed by atoms with Crippen molar-refractivity contribution in [1.82, 2.24) is 29.5 Å². The Balaban J connectivity index is 1.21. The molecule has 0 aliphatic carbocycles. The molecule has 18 heteroatoms. The number of carbonyl (C=O) groups is 1. The molecule has 1 aliphatic rings. The third kappa shape index (κ3) is 9.98. The van der Waals surface area contributed by atoms with Crippen LogP contribution >= 0.6 is 22.9 Å². The maximum Gasteiger partial charge on any atom is 0.408 e. The number of para-hydroxylation sites is 1. The summed E-state index contributed by atoms with van der Waals surface area (Å²) in [7, 11) is 2.11. The molecule has 0 spiro atoms. The van der Waals surface area contributed by atoms with Crippen molar-refractivity contribution in [2.75, 3.05) is 53.0 Å². The van der Waals surface area contributed by atoms with Gasteiger partial charge in [-0.25, -0.2) is 14.8 Å². The molecule has 5 heterocycles. The summed E-state index contributed by atoms with van der Waals surface area (Å²) in [5.41, 5.74) is 2.57. The Morgan fingerprint density at radius 1 is 1.02 bits per heavy atom. The van der Waals surface area contributed by atoms with Gasteiger partial charge in [-0.15, -0.1) is 11.3 Å². The molecule has 0 bridgehead atoms. The summed E-state index contributed by atoms with van der Waals surface area (Å²) in [6.45, 7) is 7.17. The van der Waals surface area contributed by atoms with Crippen LogP contribution in [-0.2, 0) is 29.1 Å². The molecule has 0 radical (unpaired) electrons. The lowest BCUT2D eigenvalue weighted by Crippen LogP contribution is -2.45. The van der Waals surface area contributed by atoms with Gasteiger partial charge in [0.25, 0.3) is 6.01 Å². The fourth-order valence-corrected chi connectivity index (χ4v) is 8.09. The second kappa shape index (κ2) is 18.4. The number of ether oxygens (including phenoxy) is 4. The van der Waals surface area contributed by atoms with E-state index in [0.29, 0.717) is 60.5 Å². The molecule has 1 saturated heterocycles. The van der Waals surface area contributed by atoms with Crippen LogP contribution in [0.4, 0.5) is 17.6 Å². The lowest BCUT2D eigenvalue weighted by molar-refractivity contribution is -0.151. The van der Waals surface area contributed by atoms with E-state index >= 15 is 0 Å². The van der Waals surface area contributed by atoms with Gasteiger partial charge in [0.15, 0.2) is 0 Å². The molecule has 0 unspecified atom stereocenters. The molecule has 1 atom stereocenters. The number of piperazine rings is 1. The third-order valence-electron chi connectivity index (χ3n) is 9.82. The SMILES string of the molecule is CCOC(=O)[C@@H](Cc1ccccc1OCc1ccnn1CC(F)(F)F)Oc1ncnc2sc(-c3ccc(F)o3)c(-c3ccc(OCCN4CCN(C)CC4)c(Cl)c3C)c12. The average molecular weight is 857 g/mol. The monoisotopic (exact) mass is 856 g/mol. The van der Waals surface area contributed by atoms with Crippen LogP contribution in [0.15, 0.2) is 71.5 Å². The lowest BCUT2D eigenvalue weighted by atomic mass is 9.97. The van der Waals surface area contributed by atoms with E-state index < -0.39 is 30.8 Å². The van der Waals surface area contributed by atoms with E-state index in [1.54, 1.807) is 37.3 Å². The normalized spacial score (nSPS) is 14.4. The highest BCUT2D eigenvalue weighted by Crippen LogP contribution is 2.49. The Bertz CT molecular complexity index is 2400. The van der Waals surface area contributed by atoms with Gasteiger partial charge in [-0.05, 0) is 61.9 Å². The van der Waals surface area contributed by atoms with Gasteiger partial charge in [0, 0.05) is 57.0 Å². The fourth-order valence-electron chi connectivity index (χ4n) is 6.76. The number of benzene rings is 2. The number of alkyl halides is 3. The molecular weight excluding hydrogens is 816 g/mol. The minimum absolute atomic E-state index is 0.0371. The van der Waals surface area contributed by atoms with Gasteiger partial charge in [-0.2, -0.15) is 22.7 Å². The van der Waals surface area contributed by atoms with Crippen molar-refractivity contribution in [3.63, 3.8) is 0 Å². The number of likely N-dealkylation sites (N-methyl/N-ethyl adjacent to an activating group) is 1. The Kier molecular flexibility index (Phi) is 13.0. The van der Waals surface area contributed by atoms with E-state index in [1.165, 1.54) is 42.1 Å². The highest BCUT2D eigenvalue weighted by atomic mass is 35.5. The Morgan fingerprint density at radius 3 is 2.56 bits per heavy atom. The summed E-state index contributed by atoms with van der Waals surface area (Å²) in [6.07, 6.45) is -3.25. The fraction of sp³-hybridized carbons (Fsp3) is 0.366. The predicted octanol–water partition coefficient (Wildman–Crippen LogP) is 8.24. The van der Waals surface area contributed by atoms with E-state index in [0.717, 1.165) is 37.4 Å². The molecule has 0 saturated carbocycles. The number of hydrogen-bond donors (Lipinski definition) is 0. The average Bonchev–Trinajstić information content (AvgIpc) is 3.95. The number of aromatic nitrogens is 4. The van der Waals surface area contributed by atoms with Crippen LogP contribution in [0, 0.1) is 12.9 Å². The predicted molar refractivity (Wildman–Crippen MR) is 213 cm³/mol. The van der Waals surface area contributed by atoms with Crippen LogP contribution in [0.25, 0.3) is 32.0 Å². The summed E-state index contributed by atoms with van der Waals surface area (Å²) in [6, 6.07) is 13.8. The highest BCUT2D eigenvalue weighted by Gasteiger charge is 2.31. The van der Waals surface area contributed by atoms with Gasteiger partial charge >= 0.3 is 12.1 Å². The number of rotatable bonds is 16. The largest absolute Gasteiger partial charge is 0.491 e. The first-order chi connectivity index (χ1) is 28.4. The van der Waals surface area contributed by atoms with Crippen LogP contribution < -0.4 is 14.2 Å². The molecule has 0 N–H and O–H groups in total. The van der Waals surface area contributed by atoms with E-state index in [1.807, 2.05) is 13.0 Å². The van der Waals surface area contributed by atoms with Gasteiger partial charge in [0.05, 0.1) is 27.6 Å². The number of carbonyl (C=O) groups excluding carboxylic acids is 1. The Hall–Kier alpha value is -5.23. The van der Waals surface area contributed by atoms with E-state index in [-0.39, 0.29) is 37.0 Å². The zero-order valence-corrected chi connectivity index (χ0v) is 34.0. The minimum Gasteiger partial charge on any atom is -0.491 e. The molecule has 12 nitrogen and oxygen atoms in total. The maximum atomic E-state index is 14.4. The molecule has 312 valence electrons. The van der Waals surface area contributed by atoms with Crippen molar-refractivity contribution >= 4 is 39.1 Å². The molecule has 0 amide bonds. The summed E-state index contributed by atoms with van der Waals surface area (Å²) >= 11 is 8.22. The molecule has 2 aromatic carbocycles. The second-order valence-electron chi connectivity index (χ2n) is 13.9. The Morgan fingerprint density at radius 2 is 1.81 bits per heavy atom. The molecule has 7 rings (SSSR count). The first-order valence-corrected chi connectivity index (χ1v) is 20.1. The molecule has 4 aromatic heterocycles. The molecule has 6 aromatic rings. The zero-order chi connectivity index (χ0) is 41.7. The number of esters is 1. The topological polar surface area (TPSA) is 117 Å². The first-order valence-electron chi connectivity index (χ1n) is 18.9. The van der Waals surface area contributed by atoms with Gasteiger partial charge in [0.2, 0.25) is 12.0 Å². The minimum atomic E-state index is -4.47. The smallest absolute Gasteiger partial charge is 0.408 e. The molecule has 59 heavy (non-hydrogen) atoms. The van der Waals surface area contributed by atoms with Crippen LogP contribution in [0.5, 0.6) is 17.4 Å². The first kappa shape index (κ1) is 41.9. The number of nitrogens with zero attached hydrogens (tertiary/aromatic N) is 6. The van der Waals surface area contributed by atoms with Crippen molar-refractivity contribution in [1.29, 1.82) is 0 Å². The van der Waals surface area contributed by atoms with Gasteiger partial charge in [0.1, 0.15) is 48.2 Å². The molecular formula is C41H41ClF4N6O6S. The van der Waals surface area contributed by atoms with Crippen molar-refractivity contribution in [2.45, 2.75) is 45.7 Å². The van der Waals surface area contributed by atoms with E-state index in [4.69, 9.17) is 35.0 Å². The number of fused-ring (bicyclic) bond motifs is 1. The maximum absolute atomic E-state index is 14.4. The third-order valence-corrected chi connectivity index (χ3v) is 11.4. The van der Waals surface area contributed by atoms with Gasteiger partial charge in [-0.3, -0.25) is 9.58 Å². The lowest BCUT2D eigenvalue weighted by Gasteiger charge is -2.32. The number of hydrogen-bond acceptors (Lipinski definition) is 12. The van der Waals surface area contributed by atoms with Crippen LogP contribution in [0.1, 0.15) is 23.7 Å². The van der Waals surface area contributed by atoms with E-state index in [2.05, 4.69) is 31.9 Å². The summed E-state index contributed by atoms with van der Waals surface area (Å²) in [5, 5.41) is 4.59. The van der Waals surface area contributed by atoms with Crippen LogP contribution in [-0.4, -0.2) is 101 Å². The van der Waals surface area contributed by atoms with E-state index in [9.17, 15) is 22.4 Å². The van der Waals surface area contributed by atoms with Gasteiger partial charge < -0.3 is 28.3 Å². The summed E-state index contributed by atoms with van der Waals surface area (Å²) in [4.78, 5) is 28.2. The number of halogens is 5. The summed E-state index contributed by atoms with van der Waals surface area (Å²) in [5.74, 6) is 0.397. The van der Waals surface area contributed by atoms with Crippen molar-refractivity contribution in [2.24, 2.45) is 0 Å². The standard InChI is InChI=1S/C41H41ClF4N6O6S/c1-4-54-40(53)32(21-26-7-5-6-8-29(26)56-22-27-13-14-49-52(27)23-41(44,45)46)58-38-35-34(37(31-11-12-33(43)57-31)59-39(35)48-24-47-38)28-9-10-30(36(42)25(28)2)55-20-19-51-17-15-50(3)16-18-51/h5-14,24,32H,4,15-23H2,1-3H3/t32-/m1/s1. The second-order valence-corrected chi connectivity index (χ2v) is 15.2. The van der Waals surface area contributed by atoms with Crippen LogP contribution in [0.2, 0.25) is 5.02 Å². The van der Waals surface area contributed by atoms with Gasteiger partial charge in [-0.1, -0.05) is 35.9 Å². The highest BCUT2D eigenvalue weighted by molar-refractivity contribution is 7.22. The van der Waals surface area contributed by atoms with Crippen molar-refractivity contribution < 1.29 is 45.7 Å². The van der Waals surface area contributed by atoms with Crippen LogP contribution in [0.3, 0.4) is 0 Å². The molecule has 1 fully saturated rings. The van der Waals surface area contributed by atoms with Crippen molar-refractivity contribution in [3.8, 4) is 39.1 Å². The van der Waals surface area contributed by atoms with Crippen molar-refractivity contribution in [3.05, 3.63) is 95.0 Å². The Labute approximate surface area is 346 Å². The quantitative estimate of drug-likeness (QED) is 0.0693. The molecule has 1 aliphatic heterocycles. The number of furan rings is 1. The zero-order valence-electron chi connectivity index (χ0n) is 32.4. The number of thiophene rings is 1. The summed E-state index contributed by atoms with van der Waals surface area (Å²) < 4.78 is 84.2.